The van der Waals surface area contributed by atoms with Gasteiger partial charge >= 0.3 is 0 Å². The molecule has 0 aromatic carbocycles. The van der Waals surface area contributed by atoms with E-state index >= 15 is 0 Å². The molecule has 0 spiro atoms. The predicted octanol–water partition coefficient (Wildman–Crippen LogP) is 3.09. The highest BCUT2D eigenvalue weighted by molar-refractivity contribution is 7.16. The summed E-state index contributed by atoms with van der Waals surface area (Å²) in [6, 6.07) is 2.06. The van der Waals surface area contributed by atoms with Gasteiger partial charge in [-0.2, -0.15) is 4.98 Å². The molecule has 20 heavy (non-hydrogen) atoms. The van der Waals surface area contributed by atoms with Crippen LogP contribution in [0.1, 0.15) is 32.6 Å². The number of fused-ring (bicyclic) bond motifs is 1. The van der Waals surface area contributed by atoms with Gasteiger partial charge in [0, 0.05) is 19.7 Å². The van der Waals surface area contributed by atoms with Crippen LogP contribution in [0.15, 0.2) is 11.4 Å². The molecular weight excluding hydrogens is 272 g/mol. The molecule has 0 radical (unpaired) electrons. The van der Waals surface area contributed by atoms with Crippen molar-refractivity contribution < 1.29 is 5.11 Å². The van der Waals surface area contributed by atoms with Crippen molar-refractivity contribution in [3.63, 3.8) is 0 Å². The van der Waals surface area contributed by atoms with E-state index in [9.17, 15) is 0 Å². The van der Waals surface area contributed by atoms with Gasteiger partial charge in [-0.3, -0.25) is 0 Å². The molecule has 2 heterocycles. The number of nitrogens with zero attached hydrogens (tertiary/aromatic N) is 2. The topological polar surface area (TPSA) is 70.1 Å². The Balaban J connectivity index is 1.95. The van der Waals surface area contributed by atoms with Crippen molar-refractivity contribution in [3.8, 4) is 0 Å². The Hall–Kier alpha value is -1.40. The van der Waals surface area contributed by atoms with Gasteiger partial charge in [0.25, 0.3) is 0 Å². The molecule has 2 aromatic heterocycles. The van der Waals surface area contributed by atoms with E-state index in [1.54, 1.807) is 11.3 Å². The van der Waals surface area contributed by atoms with Crippen LogP contribution in [0.5, 0.6) is 0 Å². The Kier molecular flexibility index (Phi) is 6.01. The third kappa shape index (κ3) is 4.05. The summed E-state index contributed by atoms with van der Waals surface area (Å²) in [7, 11) is 0. The van der Waals surface area contributed by atoms with Crippen molar-refractivity contribution in [2.24, 2.45) is 0 Å². The number of aliphatic hydroxyl groups excluding tert-OH is 1. The van der Waals surface area contributed by atoms with Crippen LogP contribution >= 0.6 is 11.3 Å². The summed E-state index contributed by atoms with van der Waals surface area (Å²) in [5, 5.41) is 18.4. The highest BCUT2D eigenvalue weighted by Gasteiger charge is 2.07. The first kappa shape index (κ1) is 15.0. The highest BCUT2D eigenvalue weighted by Crippen LogP contribution is 2.26. The Bertz CT molecular complexity index is 529. The number of unbranched alkanes of at least 4 members (excludes halogenated alkanes) is 3. The maximum absolute atomic E-state index is 8.74. The average Bonchev–Trinajstić information content (AvgIpc) is 2.91. The molecule has 0 aliphatic carbocycles. The smallest absolute Gasteiger partial charge is 0.226 e. The lowest BCUT2D eigenvalue weighted by atomic mass is 10.2. The van der Waals surface area contributed by atoms with Crippen molar-refractivity contribution in [2.45, 2.75) is 32.6 Å². The summed E-state index contributed by atoms with van der Waals surface area (Å²) in [5.74, 6) is 1.60. The van der Waals surface area contributed by atoms with Gasteiger partial charge in [0.05, 0.1) is 5.39 Å². The summed E-state index contributed by atoms with van der Waals surface area (Å²) in [6.07, 6.45) is 4.20. The first-order valence-corrected chi connectivity index (χ1v) is 8.07. The van der Waals surface area contributed by atoms with Crippen LogP contribution in [0.4, 0.5) is 11.8 Å². The molecule has 5 nitrogen and oxygen atoms in total. The minimum Gasteiger partial charge on any atom is -0.396 e. The molecule has 6 heteroatoms. The Labute approximate surface area is 123 Å². The number of thiophene rings is 1. The van der Waals surface area contributed by atoms with E-state index in [-0.39, 0.29) is 0 Å². The summed E-state index contributed by atoms with van der Waals surface area (Å²) >= 11 is 1.63. The molecule has 2 aromatic rings. The van der Waals surface area contributed by atoms with Crippen LogP contribution < -0.4 is 10.6 Å². The summed E-state index contributed by atoms with van der Waals surface area (Å²) in [4.78, 5) is 10.0. The van der Waals surface area contributed by atoms with Crippen LogP contribution in [-0.4, -0.2) is 34.8 Å². The van der Waals surface area contributed by atoms with Crippen molar-refractivity contribution in [2.75, 3.05) is 30.3 Å². The lowest BCUT2D eigenvalue weighted by Gasteiger charge is -2.09. The van der Waals surface area contributed by atoms with Crippen molar-refractivity contribution in [3.05, 3.63) is 11.4 Å². The monoisotopic (exact) mass is 294 g/mol. The maximum atomic E-state index is 8.74. The normalized spacial score (nSPS) is 10.9. The molecule has 0 aliphatic heterocycles. The quantitative estimate of drug-likeness (QED) is 0.620. The summed E-state index contributed by atoms with van der Waals surface area (Å²) in [6.45, 7) is 4.05. The molecule has 0 unspecified atom stereocenters. The third-order valence-corrected chi connectivity index (χ3v) is 3.84. The number of aliphatic hydroxyl groups is 1. The van der Waals surface area contributed by atoms with E-state index in [0.29, 0.717) is 12.6 Å². The first-order valence-electron chi connectivity index (χ1n) is 7.19. The Morgan fingerprint density at radius 2 is 2.00 bits per heavy atom. The minimum atomic E-state index is 0.293. The van der Waals surface area contributed by atoms with E-state index in [4.69, 9.17) is 5.11 Å². The molecule has 0 saturated carbocycles. The van der Waals surface area contributed by atoms with Crippen LogP contribution in [0.2, 0.25) is 0 Å². The number of aromatic nitrogens is 2. The van der Waals surface area contributed by atoms with Gasteiger partial charge < -0.3 is 15.7 Å². The predicted molar refractivity (Wildman–Crippen MR) is 85.6 cm³/mol. The van der Waals surface area contributed by atoms with Gasteiger partial charge in [-0.1, -0.05) is 12.8 Å². The number of anilines is 2. The van der Waals surface area contributed by atoms with Gasteiger partial charge in [0.1, 0.15) is 10.6 Å². The lowest BCUT2D eigenvalue weighted by molar-refractivity contribution is 0.283. The number of hydrogen-bond donors (Lipinski definition) is 3. The molecule has 0 aliphatic rings. The lowest BCUT2D eigenvalue weighted by Crippen LogP contribution is -2.07. The van der Waals surface area contributed by atoms with Crippen LogP contribution in [0.25, 0.3) is 10.2 Å². The standard InChI is InChI=1S/C14H22N4OS/c1-2-15-14-17-12(11-7-10-20-13(11)18-14)16-8-5-3-4-6-9-19/h7,10,19H,2-6,8-9H2,1H3,(H2,15,16,17,18). The molecule has 0 amide bonds. The van der Waals surface area contributed by atoms with Gasteiger partial charge in [-0.15, -0.1) is 11.3 Å². The zero-order valence-electron chi connectivity index (χ0n) is 11.9. The van der Waals surface area contributed by atoms with E-state index in [2.05, 4.69) is 26.7 Å². The van der Waals surface area contributed by atoms with E-state index in [1.165, 1.54) is 0 Å². The molecule has 3 N–H and O–H groups in total. The van der Waals surface area contributed by atoms with Crippen LogP contribution in [0.3, 0.4) is 0 Å². The fraction of sp³-hybridized carbons (Fsp3) is 0.571. The molecule has 110 valence electrons. The molecule has 0 atom stereocenters. The molecule has 0 fully saturated rings. The zero-order chi connectivity index (χ0) is 14.2. The third-order valence-electron chi connectivity index (χ3n) is 3.04. The molecule has 2 rings (SSSR count). The minimum absolute atomic E-state index is 0.293. The van der Waals surface area contributed by atoms with E-state index < -0.39 is 0 Å². The van der Waals surface area contributed by atoms with Gasteiger partial charge in [-0.05, 0) is 31.2 Å². The van der Waals surface area contributed by atoms with Crippen LogP contribution in [-0.2, 0) is 0 Å². The Morgan fingerprint density at radius 3 is 2.80 bits per heavy atom. The van der Waals surface area contributed by atoms with Crippen molar-refractivity contribution in [1.29, 1.82) is 0 Å². The van der Waals surface area contributed by atoms with Crippen molar-refractivity contribution >= 4 is 33.3 Å². The second-order valence-corrected chi connectivity index (χ2v) is 5.52. The number of hydrogen-bond acceptors (Lipinski definition) is 6. The van der Waals surface area contributed by atoms with E-state index in [1.807, 2.05) is 12.3 Å². The maximum Gasteiger partial charge on any atom is 0.226 e. The van der Waals surface area contributed by atoms with Gasteiger partial charge in [-0.25, -0.2) is 4.98 Å². The second kappa shape index (κ2) is 8.01. The highest BCUT2D eigenvalue weighted by atomic mass is 32.1. The van der Waals surface area contributed by atoms with E-state index in [0.717, 1.165) is 54.8 Å². The molecular formula is C14H22N4OS. The van der Waals surface area contributed by atoms with Crippen molar-refractivity contribution in [1.82, 2.24) is 9.97 Å². The largest absolute Gasteiger partial charge is 0.396 e. The first-order chi connectivity index (χ1) is 9.85. The fourth-order valence-electron chi connectivity index (χ4n) is 2.02. The molecule has 0 bridgehead atoms. The number of nitrogens with one attached hydrogen (secondary N) is 2. The average molecular weight is 294 g/mol. The van der Waals surface area contributed by atoms with Gasteiger partial charge in [0.2, 0.25) is 5.95 Å². The summed E-state index contributed by atoms with van der Waals surface area (Å²) < 4.78 is 0. The second-order valence-electron chi connectivity index (χ2n) is 4.63. The zero-order valence-corrected chi connectivity index (χ0v) is 12.7. The SMILES string of the molecule is CCNc1nc(NCCCCCCO)c2ccsc2n1. The van der Waals surface area contributed by atoms with Gasteiger partial charge in [0.15, 0.2) is 0 Å². The number of rotatable bonds is 9. The summed E-state index contributed by atoms with van der Waals surface area (Å²) in [5.41, 5.74) is 0. The fourth-order valence-corrected chi connectivity index (χ4v) is 2.79. The Morgan fingerprint density at radius 1 is 1.15 bits per heavy atom. The molecule has 0 saturated heterocycles. The van der Waals surface area contributed by atoms with Crippen LogP contribution in [0, 0.1) is 0 Å².